The summed E-state index contributed by atoms with van der Waals surface area (Å²) in [7, 11) is 0. The molecule has 1 amide bonds. The van der Waals surface area contributed by atoms with Crippen LogP contribution in [-0.2, 0) is 4.79 Å². The van der Waals surface area contributed by atoms with Gasteiger partial charge in [0.25, 0.3) is 0 Å². The molecule has 2 heterocycles. The number of carbonyl (C=O) groups excluding carboxylic acids is 1. The molecule has 0 aromatic heterocycles. The summed E-state index contributed by atoms with van der Waals surface area (Å²) < 4.78 is 13.1. The molecule has 1 aromatic carbocycles. The third kappa shape index (κ3) is 2.85. The van der Waals surface area contributed by atoms with Crippen LogP contribution in [0, 0.1) is 11.7 Å². The molecule has 3 aliphatic rings. The van der Waals surface area contributed by atoms with Crippen LogP contribution >= 0.6 is 0 Å². The first-order chi connectivity index (χ1) is 11.5. The van der Waals surface area contributed by atoms with Crippen molar-refractivity contribution in [2.24, 2.45) is 5.92 Å². The lowest BCUT2D eigenvalue weighted by molar-refractivity contribution is -0.133. The Hall–Kier alpha value is -1.42. The molecule has 0 radical (unpaired) electrons. The summed E-state index contributed by atoms with van der Waals surface area (Å²) in [5, 5.41) is 0. The number of hydrogen-bond donors (Lipinski definition) is 0. The molecular weight excluding hydrogens is 303 g/mol. The van der Waals surface area contributed by atoms with Gasteiger partial charge >= 0.3 is 0 Å². The van der Waals surface area contributed by atoms with Gasteiger partial charge in [0.15, 0.2) is 0 Å². The molecule has 0 unspecified atom stereocenters. The summed E-state index contributed by atoms with van der Waals surface area (Å²) in [5.74, 6) is 0.513. The van der Waals surface area contributed by atoms with Crippen LogP contribution < -0.4 is 0 Å². The third-order valence-corrected chi connectivity index (χ3v) is 6.15. The van der Waals surface area contributed by atoms with E-state index in [1.165, 1.54) is 25.0 Å². The largest absolute Gasteiger partial charge is 0.341 e. The Balaban J connectivity index is 1.42. The Kier molecular flexibility index (Phi) is 4.11. The van der Waals surface area contributed by atoms with Gasteiger partial charge < -0.3 is 4.90 Å². The second-order valence-electron chi connectivity index (χ2n) is 8.00. The quantitative estimate of drug-likeness (QED) is 0.848. The maximum Gasteiger partial charge on any atom is 0.226 e. The molecule has 4 atom stereocenters. The Morgan fingerprint density at radius 2 is 1.83 bits per heavy atom. The second kappa shape index (κ2) is 6.14. The van der Waals surface area contributed by atoms with Gasteiger partial charge in [0.1, 0.15) is 5.82 Å². The zero-order valence-electron chi connectivity index (χ0n) is 14.6. The molecular formula is C20H27FN2O. The number of halogens is 1. The van der Waals surface area contributed by atoms with E-state index < -0.39 is 0 Å². The number of amides is 1. The average Bonchev–Trinajstić information content (AvgIpc) is 3.26. The van der Waals surface area contributed by atoms with Crippen molar-refractivity contribution in [1.29, 1.82) is 0 Å². The fourth-order valence-electron chi connectivity index (χ4n) is 4.93. The third-order valence-electron chi connectivity index (χ3n) is 6.15. The molecule has 3 fully saturated rings. The molecule has 130 valence electrons. The monoisotopic (exact) mass is 330 g/mol. The van der Waals surface area contributed by atoms with E-state index in [4.69, 9.17) is 0 Å². The highest BCUT2D eigenvalue weighted by Gasteiger charge is 2.47. The normalized spacial score (nSPS) is 32.9. The molecule has 0 N–H and O–H groups in total. The van der Waals surface area contributed by atoms with Crippen molar-refractivity contribution in [1.82, 2.24) is 9.80 Å². The highest BCUT2D eigenvalue weighted by Crippen LogP contribution is 2.49. The molecule has 0 spiro atoms. The molecule has 4 heteroatoms. The highest BCUT2D eigenvalue weighted by atomic mass is 19.1. The first-order valence-electron chi connectivity index (χ1n) is 9.36. The van der Waals surface area contributed by atoms with Gasteiger partial charge in [-0.15, -0.1) is 0 Å². The van der Waals surface area contributed by atoms with Crippen LogP contribution in [0.15, 0.2) is 24.3 Å². The first kappa shape index (κ1) is 16.1. The standard InChI is InChI=1S/C20H27FN2O/c1-13(2)23-16-7-8-17(23)12-22(10-9-16)20(24)19-11-18(19)14-3-5-15(21)6-4-14/h3-6,13,16-19H,7-12H2,1-2H3/t16-,17-,18-,19-/m0/s1. The van der Waals surface area contributed by atoms with Crippen molar-refractivity contribution >= 4 is 5.91 Å². The zero-order valence-corrected chi connectivity index (χ0v) is 14.6. The van der Waals surface area contributed by atoms with Gasteiger partial charge in [0.2, 0.25) is 5.91 Å². The number of carbonyl (C=O) groups is 1. The SMILES string of the molecule is CC(C)N1[C@H]2CC[C@H]1CN(C(=O)[C@H]1C[C@H]1c1ccc(F)cc1)CC2. The minimum absolute atomic E-state index is 0.111. The number of hydrogen-bond acceptors (Lipinski definition) is 2. The summed E-state index contributed by atoms with van der Waals surface area (Å²) in [6.07, 6.45) is 4.53. The first-order valence-corrected chi connectivity index (χ1v) is 9.36. The van der Waals surface area contributed by atoms with Gasteiger partial charge in [-0.05, 0) is 63.1 Å². The van der Waals surface area contributed by atoms with E-state index in [9.17, 15) is 9.18 Å². The summed E-state index contributed by atoms with van der Waals surface area (Å²) in [6.45, 7) is 6.33. The topological polar surface area (TPSA) is 23.6 Å². The number of likely N-dealkylation sites (tertiary alicyclic amines) is 1. The minimum atomic E-state index is -0.209. The molecule has 1 saturated carbocycles. The number of rotatable bonds is 3. The second-order valence-corrected chi connectivity index (χ2v) is 8.00. The van der Waals surface area contributed by atoms with E-state index in [1.807, 2.05) is 12.1 Å². The summed E-state index contributed by atoms with van der Waals surface area (Å²) in [4.78, 5) is 17.7. The average molecular weight is 330 g/mol. The molecule has 2 bridgehead atoms. The van der Waals surface area contributed by atoms with Crippen molar-refractivity contribution in [3.8, 4) is 0 Å². The van der Waals surface area contributed by atoms with Crippen LogP contribution in [0.2, 0.25) is 0 Å². The van der Waals surface area contributed by atoms with Crippen LogP contribution in [0.1, 0.15) is 51.0 Å². The van der Waals surface area contributed by atoms with E-state index in [0.29, 0.717) is 30.0 Å². The Labute approximate surface area is 143 Å². The predicted octanol–water partition coefficient (Wildman–Crippen LogP) is 3.40. The molecule has 24 heavy (non-hydrogen) atoms. The minimum Gasteiger partial charge on any atom is -0.341 e. The molecule has 3 nitrogen and oxygen atoms in total. The van der Waals surface area contributed by atoms with Gasteiger partial charge in [-0.2, -0.15) is 0 Å². The van der Waals surface area contributed by atoms with Crippen LogP contribution in [0.3, 0.4) is 0 Å². The van der Waals surface area contributed by atoms with E-state index in [-0.39, 0.29) is 11.7 Å². The van der Waals surface area contributed by atoms with Crippen LogP contribution in [0.25, 0.3) is 0 Å². The molecule has 1 aliphatic carbocycles. The van der Waals surface area contributed by atoms with Crippen molar-refractivity contribution in [3.63, 3.8) is 0 Å². The Bertz CT molecular complexity index is 615. The van der Waals surface area contributed by atoms with Crippen molar-refractivity contribution in [2.75, 3.05) is 13.1 Å². The predicted molar refractivity (Wildman–Crippen MR) is 92.2 cm³/mol. The van der Waals surface area contributed by atoms with E-state index in [0.717, 1.165) is 31.5 Å². The molecule has 1 aromatic rings. The number of nitrogens with zero attached hydrogens (tertiary/aromatic N) is 2. The van der Waals surface area contributed by atoms with Gasteiger partial charge in [0.05, 0.1) is 0 Å². The molecule has 2 aliphatic heterocycles. The maximum absolute atomic E-state index is 13.1. The molecule has 2 saturated heterocycles. The fraction of sp³-hybridized carbons (Fsp3) is 0.650. The van der Waals surface area contributed by atoms with Crippen molar-refractivity contribution in [2.45, 2.75) is 63.6 Å². The van der Waals surface area contributed by atoms with Crippen molar-refractivity contribution in [3.05, 3.63) is 35.6 Å². The van der Waals surface area contributed by atoms with Crippen LogP contribution in [0.4, 0.5) is 4.39 Å². The summed E-state index contributed by atoms with van der Waals surface area (Å²) in [5.41, 5.74) is 1.11. The van der Waals surface area contributed by atoms with Gasteiger partial charge in [-0.25, -0.2) is 4.39 Å². The maximum atomic E-state index is 13.1. The van der Waals surface area contributed by atoms with Gasteiger partial charge in [-0.3, -0.25) is 9.69 Å². The smallest absolute Gasteiger partial charge is 0.226 e. The lowest BCUT2D eigenvalue weighted by atomic mass is 10.1. The number of benzene rings is 1. The Morgan fingerprint density at radius 3 is 2.54 bits per heavy atom. The zero-order chi connectivity index (χ0) is 16.8. The lowest BCUT2D eigenvalue weighted by Gasteiger charge is -2.32. The molecule has 4 rings (SSSR count). The van der Waals surface area contributed by atoms with E-state index >= 15 is 0 Å². The lowest BCUT2D eigenvalue weighted by Crippen LogP contribution is -2.44. The highest BCUT2D eigenvalue weighted by molar-refractivity contribution is 5.83. The summed E-state index contributed by atoms with van der Waals surface area (Å²) >= 11 is 0. The fourth-order valence-corrected chi connectivity index (χ4v) is 4.93. The van der Waals surface area contributed by atoms with Crippen LogP contribution in [-0.4, -0.2) is 46.9 Å². The van der Waals surface area contributed by atoms with Crippen molar-refractivity contribution < 1.29 is 9.18 Å². The number of fused-ring (bicyclic) bond motifs is 2. The van der Waals surface area contributed by atoms with E-state index in [1.54, 1.807) is 0 Å². The van der Waals surface area contributed by atoms with E-state index in [2.05, 4.69) is 23.6 Å². The van der Waals surface area contributed by atoms with Gasteiger partial charge in [-0.1, -0.05) is 12.1 Å². The Morgan fingerprint density at radius 1 is 1.12 bits per heavy atom. The van der Waals surface area contributed by atoms with Gasteiger partial charge in [0, 0.05) is 37.1 Å². The van der Waals surface area contributed by atoms with Crippen LogP contribution in [0.5, 0.6) is 0 Å². The summed E-state index contributed by atoms with van der Waals surface area (Å²) in [6, 6.07) is 8.41.